The summed E-state index contributed by atoms with van der Waals surface area (Å²) in [7, 11) is 0. The molecule has 1 heterocycles. The first-order valence-electron chi connectivity index (χ1n) is 4.58. The van der Waals surface area contributed by atoms with Crippen LogP contribution in [0.1, 0.15) is 18.7 Å². The summed E-state index contributed by atoms with van der Waals surface area (Å²) in [5, 5.41) is 13.4. The number of rotatable bonds is 4. The quantitative estimate of drug-likeness (QED) is 0.838. The molecule has 0 saturated carbocycles. The lowest BCUT2D eigenvalue weighted by Crippen LogP contribution is -2.41. The molecular formula is C10H12BrNO3S. The number of aliphatic carboxylic acids is 1. The van der Waals surface area contributed by atoms with Gasteiger partial charge in [-0.2, -0.15) is 0 Å². The molecule has 0 atom stereocenters. The maximum Gasteiger partial charge on any atom is 0.318 e. The molecule has 16 heavy (non-hydrogen) atoms. The number of amides is 1. The molecule has 1 amide bonds. The summed E-state index contributed by atoms with van der Waals surface area (Å²) in [5.41, 5.74) is -1.39. The van der Waals surface area contributed by atoms with E-state index < -0.39 is 17.3 Å². The Morgan fingerprint density at radius 2 is 2.19 bits per heavy atom. The fourth-order valence-corrected chi connectivity index (χ4v) is 2.32. The lowest BCUT2D eigenvalue weighted by Gasteiger charge is -2.17. The van der Waals surface area contributed by atoms with Crippen LogP contribution in [0.3, 0.4) is 0 Å². The van der Waals surface area contributed by atoms with Gasteiger partial charge < -0.3 is 10.4 Å². The van der Waals surface area contributed by atoms with E-state index in [2.05, 4.69) is 21.2 Å². The van der Waals surface area contributed by atoms with Gasteiger partial charge in [0, 0.05) is 14.7 Å². The van der Waals surface area contributed by atoms with Crippen molar-refractivity contribution >= 4 is 39.1 Å². The summed E-state index contributed by atoms with van der Waals surface area (Å²) >= 11 is 4.81. The van der Waals surface area contributed by atoms with E-state index in [9.17, 15) is 9.59 Å². The van der Waals surface area contributed by atoms with E-state index in [4.69, 9.17) is 5.11 Å². The minimum absolute atomic E-state index is 0.353. The molecule has 0 aromatic carbocycles. The second-order valence-corrected chi connectivity index (χ2v) is 5.76. The van der Waals surface area contributed by atoms with Crippen LogP contribution in [-0.4, -0.2) is 17.0 Å². The number of thiophene rings is 1. The molecule has 88 valence electrons. The number of hydrogen-bond donors (Lipinski definition) is 2. The minimum Gasteiger partial charge on any atom is -0.480 e. The third-order valence-corrected chi connectivity index (χ3v) is 3.84. The summed E-state index contributed by atoms with van der Waals surface area (Å²) in [4.78, 5) is 23.4. The van der Waals surface area contributed by atoms with Gasteiger partial charge in [0.05, 0.1) is 6.54 Å². The number of carboxylic acids is 1. The van der Waals surface area contributed by atoms with E-state index in [1.807, 2.05) is 11.4 Å². The van der Waals surface area contributed by atoms with E-state index in [0.29, 0.717) is 6.54 Å². The van der Waals surface area contributed by atoms with Gasteiger partial charge in [-0.05, 0) is 35.8 Å². The highest BCUT2D eigenvalue weighted by atomic mass is 79.9. The third-order valence-electron chi connectivity index (χ3n) is 2.15. The number of nitrogens with one attached hydrogen (secondary N) is 1. The van der Waals surface area contributed by atoms with Crippen LogP contribution >= 0.6 is 27.3 Å². The Morgan fingerprint density at radius 1 is 1.56 bits per heavy atom. The molecule has 0 aliphatic heterocycles. The number of carbonyl (C=O) groups excluding carboxylic acids is 1. The number of carbonyl (C=O) groups is 2. The molecule has 4 nitrogen and oxygen atoms in total. The van der Waals surface area contributed by atoms with Gasteiger partial charge in [0.15, 0.2) is 0 Å². The van der Waals surface area contributed by atoms with Gasteiger partial charge in [-0.3, -0.25) is 9.59 Å². The Balaban J connectivity index is 2.56. The van der Waals surface area contributed by atoms with E-state index in [0.717, 1.165) is 9.35 Å². The smallest absolute Gasteiger partial charge is 0.318 e. The lowest BCUT2D eigenvalue weighted by atomic mass is 9.93. The molecule has 0 aliphatic carbocycles. The third kappa shape index (κ3) is 3.05. The zero-order valence-electron chi connectivity index (χ0n) is 8.91. The Bertz CT molecular complexity index is 414. The molecule has 0 saturated heterocycles. The van der Waals surface area contributed by atoms with Crippen molar-refractivity contribution in [1.29, 1.82) is 0 Å². The van der Waals surface area contributed by atoms with Crippen molar-refractivity contribution in [3.05, 3.63) is 20.8 Å². The molecule has 2 N–H and O–H groups in total. The monoisotopic (exact) mass is 305 g/mol. The molecule has 0 bridgehead atoms. The largest absolute Gasteiger partial charge is 0.480 e. The van der Waals surface area contributed by atoms with Crippen LogP contribution in [0.15, 0.2) is 15.9 Å². The second kappa shape index (κ2) is 4.97. The van der Waals surface area contributed by atoms with E-state index >= 15 is 0 Å². The number of hydrogen-bond acceptors (Lipinski definition) is 3. The molecule has 0 radical (unpaired) electrons. The van der Waals surface area contributed by atoms with Crippen LogP contribution in [0.4, 0.5) is 0 Å². The van der Waals surface area contributed by atoms with Crippen molar-refractivity contribution in [1.82, 2.24) is 5.32 Å². The van der Waals surface area contributed by atoms with Crippen molar-refractivity contribution in [3.8, 4) is 0 Å². The molecule has 0 aliphatic rings. The second-order valence-electron chi connectivity index (χ2n) is 3.84. The Hall–Kier alpha value is -0.880. The standard InChI is InChI=1S/C10H12BrNO3S/c1-10(2,9(14)15)8(13)12-4-7-3-6(11)5-16-7/h3,5H,4H2,1-2H3,(H,12,13)(H,14,15). The fraction of sp³-hybridized carbons (Fsp3) is 0.400. The van der Waals surface area contributed by atoms with Crippen LogP contribution in [0.25, 0.3) is 0 Å². The van der Waals surface area contributed by atoms with Gasteiger partial charge >= 0.3 is 5.97 Å². The predicted octanol–water partition coefficient (Wildman–Crippen LogP) is 2.24. The van der Waals surface area contributed by atoms with E-state index in [1.165, 1.54) is 25.2 Å². The lowest BCUT2D eigenvalue weighted by molar-refractivity contribution is -0.153. The van der Waals surface area contributed by atoms with E-state index in [-0.39, 0.29) is 0 Å². The first kappa shape index (κ1) is 13.2. The highest BCUT2D eigenvalue weighted by Crippen LogP contribution is 2.20. The van der Waals surface area contributed by atoms with Crippen molar-refractivity contribution in [3.63, 3.8) is 0 Å². The van der Waals surface area contributed by atoms with Crippen molar-refractivity contribution in [2.24, 2.45) is 5.41 Å². The van der Waals surface area contributed by atoms with Crippen LogP contribution in [0.5, 0.6) is 0 Å². The molecule has 0 fully saturated rings. The molecule has 0 unspecified atom stereocenters. The molecule has 1 aromatic rings. The summed E-state index contributed by atoms with van der Waals surface area (Å²) in [6, 6.07) is 1.89. The summed E-state index contributed by atoms with van der Waals surface area (Å²) < 4.78 is 0.958. The number of halogens is 1. The maximum absolute atomic E-state index is 11.6. The Labute approximate surface area is 106 Å². The molecule has 6 heteroatoms. The van der Waals surface area contributed by atoms with Crippen LogP contribution < -0.4 is 5.32 Å². The average Bonchev–Trinajstić information content (AvgIpc) is 2.60. The van der Waals surface area contributed by atoms with E-state index in [1.54, 1.807) is 0 Å². The van der Waals surface area contributed by atoms with Crippen molar-refractivity contribution in [2.75, 3.05) is 0 Å². The van der Waals surface area contributed by atoms with Crippen LogP contribution in [-0.2, 0) is 16.1 Å². The SMILES string of the molecule is CC(C)(C(=O)O)C(=O)NCc1cc(Br)cs1. The normalized spacial score (nSPS) is 11.2. The van der Waals surface area contributed by atoms with Gasteiger partial charge in [0.2, 0.25) is 5.91 Å². The van der Waals surface area contributed by atoms with Crippen LogP contribution in [0.2, 0.25) is 0 Å². The minimum atomic E-state index is -1.39. The van der Waals surface area contributed by atoms with Crippen LogP contribution in [0, 0.1) is 5.41 Å². The zero-order valence-corrected chi connectivity index (χ0v) is 11.3. The van der Waals surface area contributed by atoms with Gasteiger partial charge in [0.1, 0.15) is 5.41 Å². The maximum atomic E-state index is 11.6. The van der Waals surface area contributed by atoms with Crippen molar-refractivity contribution < 1.29 is 14.7 Å². The Morgan fingerprint density at radius 3 is 2.62 bits per heavy atom. The summed E-state index contributed by atoms with van der Waals surface area (Å²) in [6.07, 6.45) is 0. The highest BCUT2D eigenvalue weighted by molar-refractivity contribution is 9.10. The molecule has 0 spiro atoms. The average molecular weight is 306 g/mol. The molecule has 1 rings (SSSR count). The highest BCUT2D eigenvalue weighted by Gasteiger charge is 2.35. The predicted molar refractivity (Wildman–Crippen MR) is 65.3 cm³/mol. The topological polar surface area (TPSA) is 66.4 Å². The summed E-state index contributed by atoms with van der Waals surface area (Å²) in [5.74, 6) is -1.61. The van der Waals surface area contributed by atoms with Crippen molar-refractivity contribution in [2.45, 2.75) is 20.4 Å². The van der Waals surface area contributed by atoms with Gasteiger partial charge in [-0.25, -0.2) is 0 Å². The molecule has 1 aromatic heterocycles. The number of carboxylic acid groups (broad SMARTS) is 1. The zero-order chi connectivity index (χ0) is 12.3. The molecular weight excluding hydrogens is 294 g/mol. The first-order chi connectivity index (χ1) is 7.34. The Kier molecular flexibility index (Phi) is 4.09. The van der Waals surface area contributed by atoms with Gasteiger partial charge in [-0.15, -0.1) is 11.3 Å². The van der Waals surface area contributed by atoms with Gasteiger partial charge in [-0.1, -0.05) is 0 Å². The van der Waals surface area contributed by atoms with Gasteiger partial charge in [0.25, 0.3) is 0 Å². The summed E-state index contributed by atoms with van der Waals surface area (Å²) in [6.45, 7) is 3.12. The first-order valence-corrected chi connectivity index (χ1v) is 6.26. The fourth-order valence-electron chi connectivity index (χ4n) is 0.932.